The number of aryl methyl sites for hydroxylation is 1. The van der Waals surface area contributed by atoms with E-state index >= 15 is 0 Å². The van der Waals surface area contributed by atoms with Crippen LogP contribution in [0.3, 0.4) is 0 Å². The monoisotopic (exact) mass is 281 g/mol. The van der Waals surface area contributed by atoms with Gasteiger partial charge in [-0.05, 0) is 25.0 Å². The van der Waals surface area contributed by atoms with Gasteiger partial charge in [-0.2, -0.15) is 0 Å². The van der Waals surface area contributed by atoms with Crippen LogP contribution in [0.4, 0.5) is 0 Å². The molecule has 0 aliphatic rings. The van der Waals surface area contributed by atoms with Crippen molar-refractivity contribution in [3.63, 3.8) is 0 Å². The van der Waals surface area contributed by atoms with Crippen LogP contribution in [0.15, 0.2) is 46.2 Å². The highest BCUT2D eigenvalue weighted by Gasteiger charge is 2.17. The summed E-state index contributed by atoms with van der Waals surface area (Å²) in [7, 11) is -2.54. The lowest BCUT2D eigenvalue weighted by Gasteiger charge is -2.17. The highest BCUT2D eigenvalue weighted by Crippen LogP contribution is 2.19. The van der Waals surface area contributed by atoms with Crippen LogP contribution < -0.4 is 0 Å². The number of hydrogen-bond acceptors (Lipinski definition) is 3. The van der Waals surface area contributed by atoms with Crippen molar-refractivity contribution in [2.24, 2.45) is 10.3 Å². The van der Waals surface area contributed by atoms with Gasteiger partial charge in [0.25, 0.3) is 0 Å². The zero-order valence-electron chi connectivity index (χ0n) is 11.9. The number of rotatable bonds is 6. The normalized spacial score (nSPS) is 15.8. The summed E-state index contributed by atoms with van der Waals surface area (Å²) in [5.74, 6) is 0.459. The lowest BCUT2D eigenvalue weighted by Crippen LogP contribution is -2.21. The van der Waals surface area contributed by atoms with E-state index in [1.165, 1.54) is 0 Å². The molecule has 1 unspecified atom stereocenters. The van der Waals surface area contributed by atoms with E-state index in [1.807, 2.05) is 45.0 Å². The van der Waals surface area contributed by atoms with Crippen molar-refractivity contribution in [3.8, 4) is 0 Å². The largest absolute Gasteiger partial charge is 0.394 e. The molecule has 3 nitrogen and oxygen atoms in total. The van der Waals surface area contributed by atoms with Crippen LogP contribution in [0.2, 0.25) is 0 Å². The minimum absolute atomic E-state index is 0.0857. The topological polar surface area (TPSA) is 49.7 Å². The maximum Gasteiger partial charge on any atom is 0.0850 e. The van der Waals surface area contributed by atoms with Gasteiger partial charge in [0.2, 0.25) is 0 Å². The molecule has 1 aromatic rings. The van der Waals surface area contributed by atoms with E-state index < -0.39 is 9.73 Å². The molecule has 0 spiro atoms. The van der Waals surface area contributed by atoms with Crippen LogP contribution in [0.5, 0.6) is 0 Å². The Morgan fingerprint density at radius 2 is 1.95 bits per heavy atom. The average molecular weight is 281 g/mol. The Balaban J connectivity index is 3.30. The van der Waals surface area contributed by atoms with Crippen molar-refractivity contribution in [2.45, 2.75) is 31.7 Å². The van der Waals surface area contributed by atoms with Crippen LogP contribution in [-0.2, 0) is 9.73 Å². The molecule has 0 bridgehead atoms. The maximum absolute atomic E-state index is 13.0. The van der Waals surface area contributed by atoms with Gasteiger partial charge < -0.3 is 5.11 Å². The third kappa shape index (κ3) is 4.18. The van der Waals surface area contributed by atoms with Crippen molar-refractivity contribution in [3.05, 3.63) is 42.5 Å². The molecule has 0 saturated heterocycles. The van der Waals surface area contributed by atoms with E-state index in [0.29, 0.717) is 10.6 Å². The van der Waals surface area contributed by atoms with Crippen LogP contribution in [0.25, 0.3) is 0 Å². The Morgan fingerprint density at radius 3 is 2.37 bits per heavy atom. The van der Waals surface area contributed by atoms with Crippen molar-refractivity contribution in [1.82, 2.24) is 0 Å². The predicted octanol–water partition coefficient (Wildman–Crippen LogP) is 3.02. The summed E-state index contributed by atoms with van der Waals surface area (Å²) in [5, 5.41) is 9.37. The second kappa shape index (κ2) is 6.87. The minimum Gasteiger partial charge on any atom is -0.394 e. The molecule has 0 saturated carbocycles. The molecule has 19 heavy (non-hydrogen) atoms. The Kier molecular flexibility index (Phi) is 5.76. The van der Waals surface area contributed by atoms with Gasteiger partial charge in [-0.3, -0.25) is 0 Å². The van der Waals surface area contributed by atoms with Gasteiger partial charge in [0.15, 0.2) is 0 Å². The van der Waals surface area contributed by atoms with Gasteiger partial charge in [0, 0.05) is 4.90 Å². The summed E-state index contributed by atoms with van der Waals surface area (Å²) in [6.07, 6.45) is 1.63. The van der Waals surface area contributed by atoms with Gasteiger partial charge >= 0.3 is 0 Å². The fraction of sp³-hybridized carbons (Fsp3) is 0.467. The Bertz CT molecular complexity index is 526. The Morgan fingerprint density at radius 1 is 1.37 bits per heavy atom. The summed E-state index contributed by atoms with van der Waals surface area (Å²) in [4.78, 5) is 0.706. The minimum atomic E-state index is -2.54. The lowest BCUT2D eigenvalue weighted by atomic mass is 10.1. The predicted molar refractivity (Wildman–Crippen MR) is 80.8 cm³/mol. The molecule has 0 aliphatic carbocycles. The summed E-state index contributed by atoms with van der Waals surface area (Å²) >= 11 is 0. The highest BCUT2D eigenvalue weighted by molar-refractivity contribution is 7.93. The van der Waals surface area contributed by atoms with Crippen LogP contribution in [0.1, 0.15) is 19.4 Å². The first-order chi connectivity index (χ1) is 8.92. The zero-order chi connectivity index (χ0) is 14.5. The average Bonchev–Trinajstić information content (AvgIpc) is 2.36. The molecular weight excluding hydrogens is 258 g/mol. The molecule has 2 atom stereocenters. The smallest absolute Gasteiger partial charge is 0.0850 e. The number of hydrogen-bond donors (Lipinski definition) is 1. The summed E-state index contributed by atoms with van der Waals surface area (Å²) in [6.45, 7) is 9.50. The molecule has 1 rings (SSSR count). The van der Waals surface area contributed by atoms with E-state index in [4.69, 9.17) is 0 Å². The maximum atomic E-state index is 13.0. The fourth-order valence-corrected chi connectivity index (χ4v) is 3.72. The molecule has 0 aromatic heterocycles. The van der Waals surface area contributed by atoms with Crippen molar-refractivity contribution in [1.29, 1.82) is 0 Å². The zero-order valence-corrected chi connectivity index (χ0v) is 12.7. The van der Waals surface area contributed by atoms with Crippen LogP contribution in [0, 0.1) is 12.8 Å². The third-order valence-electron chi connectivity index (χ3n) is 3.00. The number of aliphatic hydroxyl groups excluding tert-OH is 1. The van der Waals surface area contributed by atoms with E-state index in [9.17, 15) is 9.32 Å². The first-order valence-corrected chi connectivity index (χ1v) is 8.13. The first-order valence-electron chi connectivity index (χ1n) is 6.45. The quantitative estimate of drug-likeness (QED) is 0.815. The van der Waals surface area contributed by atoms with Gasteiger partial charge in [0.05, 0.1) is 28.1 Å². The molecule has 0 radical (unpaired) electrons. The van der Waals surface area contributed by atoms with E-state index in [0.717, 1.165) is 5.56 Å². The summed E-state index contributed by atoms with van der Waals surface area (Å²) in [5.41, 5.74) is 1.12. The van der Waals surface area contributed by atoms with Gasteiger partial charge in [-0.25, -0.2) is 8.57 Å². The lowest BCUT2D eigenvalue weighted by molar-refractivity contribution is 0.241. The van der Waals surface area contributed by atoms with E-state index in [-0.39, 0.29) is 18.6 Å². The summed E-state index contributed by atoms with van der Waals surface area (Å²) in [6, 6.07) is 7.24. The second-order valence-electron chi connectivity index (χ2n) is 5.01. The fourth-order valence-electron chi connectivity index (χ4n) is 1.70. The number of aliphatic hydroxyl groups is 1. The highest BCUT2D eigenvalue weighted by atomic mass is 32.2. The van der Waals surface area contributed by atoms with Gasteiger partial charge in [-0.1, -0.05) is 37.6 Å². The molecule has 0 aliphatic heterocycles. The van der Waals surface area contributed by atoms with Crippen molar-refractivity contribution < 1.29 is 9.32 Å². The molecule has 1 N–H and O–H groups in total. The van der Waals surface area contributed by atoms with Crippen molar-refractivity contribution in [2.75, 3.05) is 12.4 Å². The van der Waals surface area contributed by atoms with Crippen LogP contribution in [-0.4, -0.2) is 27.7 Å². The SMILES string of the molecule is C=CCS(=O)(=N[C@H](CO)C(C)C)c1ccc(C)cc1. The number of nitrogens with zero attached hydrogens (tertiary/aromatic N) is 1. The molecular formula is C15H23NO2S. The van der Waals surface area contributed by atoms with Gasteiger partial charge in [-0.15, -0.1) is 6.58 Å². The Labute approximate surface area is 116 Å². The second-order valence-corrected chi connectivity index (χ2v) is 7.30. The molecule has 0 fully saturated rings. The molecule has 0 amide bonds. The van der Waals surface area contributed by atoms with Crippen molar-refractivity contribution >= 4 is 9.73 Å². The first kappa shape index (κ1) is 15.9. The van der Waals surface area contributed by atoms with E-state index in [2.05, 4.69) is 10.9 Å². The Hall–Kier alpha value is -1.13. The third-order valence-corrected chi connectivity index (χ3v) is 5.30. The molecule has 106 valence electrons. The number of benzene rings is 1. The van der Waals surface area contributed by atoms with Gasteiger partial charge in [0.1, 0.15) is 0 Å². The van der Waals surface area contributed by atoms with E-state index in [1.54, 1.807) is 6.08 Å². The summed E-state index contributed by atoms with van der Waals surface area (Å²) < 4.78 is 17.4. The van der Waals surface area contributed by atoms with Crippen LogP contribution >= 0.6 is 0 Å². The standard InChI is InChI=1S/C15H23NO2S/c1-5-10-19(18,16-15(11-17)12(2)3)14-8-6-13(4)7-9-14/h5-9,12,15,17H,1,10-11H2,2-4H3/t15-,19?/m1/s1. The molecule has 4 heteroatoms. The molecule has 1 aromatic carbocycles. The molecule has 0 heterocycles.